The van der Waals surface area contributed by atoms with Crippen molar-refractivity contribution in [3.63, 3.8) is 0 Å². The van der Waals surface area contributed by atoms with Gasteiger partial charge in [-0.2, -0.15) is 0 Å². The van der Waals surface area contributed by atoms with Gasteiger partial charge in [-0.3, -0.25) is 9.59 Å². The first-order valence-electron chi connectivity index (χ1n) is 20.3. The number of carbonyl (C=O) groups is 2. The molecule has 0 fully saturated rings. The van der Waals surface area contributed by atoms with Crippen LogP contribution in [0.15, 0.2) is 187 Å². The number of hydrogen-bond donors (Lipinski definition) is 0. The van der Waals surface area contributed by atoms with E-state index in [0.717, 1.165) is 69.5 Å². The maximum Gasteiger partial charge on any atom is 0.159 e. The molecule has 0 N–H and O–H groups in total. The van der Waals surface area contributed by atoms with Crippen molar-refractivity contribution in [3.8, 4) is 5.75 Å². The Labute approximate surface area is 352 Å². The lowest BCUT2D eigenvalue weighted by Gasteiger charge is -2.27. The van der Waals surface area contributed by atoms with Crippen LogP contribution in [0.3, 0.4) is 0 Å². The van der Waals surface area contributed by atoms with Gasteiger partial charge in [0.25, 0.3) is 0 Å². The molecule has 59 heavy (non-hydrogen) atoms. The van der Waals surface area contributed by atoms with Gasteiger partial charge in [0.2, 0.25) is 0 Å². The van der Waals surface area contributed by atoms with Gasteiger partial charge < -0.3 is 14.5 Å². The Morgan fingerprint density at radius 1 is 0.593 bits per heavy atom. The average Bonchev–Trinajstić information content (AvgIpc) is 3.28. The molecule has 0 amide bonds. The molecule has 5 nitrogen and oxygen atoms in total. The Hall–Kier alpha value is -6.37. The minimum Gasteiger partial charge on any atom is -0.494 e. The van der Waals surface area contributed by atoms with Crippen LogP contribution in [0.4, 0.5) is 22.7 Å². The number of carbonyl (C=O) groups excluding carboxylic acids is 2. The van der Waals surface area contributed by atoms with Crippen molar-refractivity contribution in [2.45, 2.75) is 54.9 Å². The quantitative estimate of drug-likeness (QED) is 0.0435. The van der Waals surface area contributed by atoms with Gasteiger partial charge >= 0.3 is 0 Å². The minimum absolute atomic E-state index is 0.0205. The van der Waals surface area contributed by atoms with E-state index in [9.17, 15) is 9.59 Å². The highest BCUT2D eigenvalue weighted by molar-refractivity contribution is 7.99. The fourth-order valence-corrected chi connectivity index (χ4v) is 8.18. The molecule has 0 heterocycles. The summed E-state index contributed by atoms with van der Waals surface area (Å²) in [5.41, 5.74) is 6.60. The summed E-state index contributed by atoms with van der Waals surface area (Å²) in [4.78, 5) is 30.1. The van der Waals surface area contributed by atoms with Crippen LogP contribution in [-0.2, 0) is 22.6 Å². The summed E-state index contributed by atoms with van der Waals surface area (Å²) in [6, 6.07) is 53.6. The van der Waals surface area contributed by atoms with Gasteiger partial charge in [0.05, 0.1) is 6.61 Å². The molecule has 296 valence electrons. The first kappa shape index (κ1) is 40.8. The summed E-state index contributed by atoms with van der Waals surface area (Å²) in [6.07, 6.45) is 7.62. The lowest BCUT2D eigenvalue weighted by Crippen LogP contribution is -2.17. The molecular weight excluding hydrogens is 745 g/mol. The lowest BCUT2D eigenvalue weighted by atomic mass is 9.96. The Morgan fingerprint density at radius 3 is 1.68 bits per heavy atom. The van der Waals surface area contributed by atoms with Gasteiger partial charge in [0, 0.05) is 59.0 Å². The summed E-state index contributed by atoms with van der Waals surface area (Å²) < 4.78 is 6.14. The zero-order chi connectivity index (χ0) is 41.0. The van der Waals surface area contributed by atoms with Crippen molar-refractivity contribution < 1.29 is 14.3 Å². The first-order valence-corrected chi connectivity index (χ1v) is 21.1. The van der Waals surface area contributed by atoms with Gasteiger partial charge in [0.1, 0.15) is 5.75 Å². The Bertz CT molecular complexity index is 2470. The molecule has 0 saturated carbocycles. The molecule has 0 unspecified atom stereocenters. The summed E-state index contributed by atoms with van der Waals surface area (Å²) in [5, 5.41) is 4.97. The zero-order valence-corrected chi connectivity index (χ0v) is 34.5. The van der Waals surface area contributed by atoms with Crippen molar-refractivity contribution >= 4 is 67.6 Å². The standard InChI is InChI=1S/C53H50N2O3S/c1-4-46(56)16-8-6-7-13-35-58-48-29-23-44(24-30-48)55(38-53-51-17-11-9-14-40(51)37-41-15-10-12-18-52(41)53)45-27-33-50(34-28-45)59-49-31-25-43(26-32-49)54(3)42-21-19-39(20-22-42)36-47(57)5-2/h4-5,9-12,14-15,17-34,37H,1-2,6-8,13,16,35-36,38H2,3H3. The van der Waals surface area contributed by atoms with E-state index in [1.165, 1.54) is 39.3 Å². The third kappa shape index (κ3) is 10.6. The smallest absolute Gasteiger partial charge is 0.159 e. The van der Waals surface area contributed by atoms with E-state index >= 15 is 0 Å². The van der Waals surface area contributed by atoms with Gasteiger partial charge in [-0.15, -0.1) is 0 Å². The van der Waals surface area contributed by atoms with Gasteiger partial charge in [-0.25, -0.2) is 0 Å². The van der Waals surface area contributed by atoms with Crippen LogP contribution in [0.25, 0.3) is 21.5 Å². The lowest BCUT2D eigenvalue weighted by molar-refractivity contribution is -0.115. The SMILES string of the molecule is C=CC(=O)CCCCCCOc1ccc(N(Cc2c3ccccc3cc3ccccc23)c2ccc(Sc3ccc(N(C)c4ccc(CC(=O)C=C)cc4)cc3)cc2)cc1. The van der Waals surface area contributed by atoms with E-state index in [2.05, 4.69) is 157 Å². The number of hydrogen-bond acceptors (Lipinski definition) is 6. The van der Waals surface area contributed by atoms with Crippen molar-refractivity contribution in [1.29, 1.82) is 0 Å². The van der Waals surface area contributed by atoms with Crippen molar-refractivity contribution in [3.05, 3.63) is 188 Å². The Morgan fingerprint density at radius 2 is 1.10 bits per heavy atom. The normalized spacial score (nSPS) is 11.0. The second kappa shape index (κ2) is 19.9. The number of nitrogens with zero attached hydrogens (tertiary/aromatic N) is 2. The van der Waals surface area contributed by atoms with Crippen LogP contribution in [-0.4, -0.2) is 25.2 Å². The molecule has 0 bridgehead atoms. The number of allylic oxidation sites excluding steroid dienone is 2. The maximum atomic E-state index is 11.8. The summed E-state index contributed by atoms with van der Waals surface area (Å²) in [5.74, 6) is 0.988. The van der Waals surface area contributed by atoms with E-state index in [-0.39, 0.29) is 11.6 Å². The Balaban J connectivity index is 1.08. The summed E-state index contributed by atoms with van der Waals surface area (Å²) in [6.45, 7) is 8.47. The predicted octanol–water partition coefficient (Wildman–Crippen LogP) is 13.6. The highest BCUT2D eigenvalue weighted by Gasteiger charge is 2.16. The third-order valence-electron chi connectivity index (χ3n) is 10.7. The first-order chi connectivity index (χ1) is 28.9. The van der Waals surface area contributed by atoms with E-state index in [1.54, 1.807) is 11.8 Å². The highest BCUT2D eigenvalue weighted by atomic mass is 32.2. The molecule has 7 rings (SSSR count). The molecule has 7 aromatic carbocycles. The van der Waals surface area contributed by atoms with Gasteiger partial charge in [0.15, 0.2) is 11.6 Å². The fraction of sp³-hybridized carbons (Fsp3) is 0.170. The molecule has 0 aliphatic heterocycles. The van der Waals surface area contributed by atoms with E-state index in [4.69, 9.17) is 4.74 Å². The number of fused-ring (bicyclic) bond motifs is 2. The summed E-state index contributed by atoms with van der Waals surface area (Å²) >= 11 is 1.74. The number of rotatable bonds is 20. The molecule has 0 saturated heterocycles. The molecule has 0 radical (unpaired) electrons. The monoisotopic (exact) mass is 794 g/mol. The van der Waals surface area contributed by atoms with E-state index in [0.29, 0.717) is 26.0 Å². The van der Waals surface area contributed by atoms with Crippen LogP contribution in [0.5, 0.6) is 5.75 Å². The number of benzene rings is 7. The molecule has 0 aliphatic rings. The maximum absolute atomic E-state index is 11.8. The number of ketones is 2. The van der Waals surface area contributed by atoms with Gasteiger partial charge in [-0.1, -0.05) is 98.4 Å². The van der Waals surface area contributed by atoms with Crippen LogP contribution < -0.4 is 14.5 Å². The zero-order valence-electron chi connectivity index (χ0n) is 33.7. The highest BCUT2D eigenvalue weighted by Crippen LogP contribution is 2.37. The largest absolute Gasteiger partial charge is 0.494 e. The van der Waals surface area contributed by atoms with Crippen LogP contribution in [0.2, 0.25) is 0 Å². The number of ether oxygens (including phenoxy) is 1. The minimum atomic E-state index is 0.0205. The van der Waals surface area contributed by atoms with Crippen molar-refractivity contribution in [2.24, 2.45) is 0 Å². The van der Waals surface area contributed by atoms with Crippen molar-refractivity contribution in [2.75, 3.05) is 23.5 Å². The number of anilines is 4. The number of unbranched alkanes of at least 4 members (excludes halogenated alkanes) is 3. The molecule has 0 spiro atoms. The van der Waals surface area contributed by atoms with Gasteiger partial charge in [-0.05, 0) is 149 Å². The van der Waals surface area contributed by atoms with Crippen LogP contribution in [0, 0.1) is 0 Å². The molecule has 7 aromatic rings. The second-order valence-corrected chi connectivity index (χ2v) is 15.9. The summed E-state index contributed by atoms with van der Waals surface area (Å²) in [7, 11) is 2.05. The van der Waals surface area contributed by atoms with Crippen molar-refractivity contribution in [1.82, 2.24) is 0 Å². The van der Waals surface area contributed by atoms with Crippen LogP contribution >= 0.6 is 11.8 Å². The molecule has 0 aliphatic carbocycles. The molecular formula is C53H50N2O3S. The fourth-order valence-electron chi connectivity index (χ4n) is 7.37. The average molecular weight is 795 g/mol. The molecule has 6 heteroatoms. The Kier molecular flexibility index (Phi) is 13.7. The third-order valence-corrected chi connectivity index (χ3v) is 11.7. The molecule has 0 atom stereocenters. The van der Waals surface area contributed by atoms with E-state index in [1.807, 2.05) is 24.3 Å². The van der Waals surface area contributed by atoms with E-state index < -0.39 is 0 Å². The van der Waals surface area contributed by atoms with Crippen LogP contribution in [0.1, 0.15) is 43.2 Å². The molecule has 0 aromatic heterocycles. The second-order valence-electron chi connectivity index (χ2n) is 14.7. The topological polar surface area (TPSA) is 49.9 Å². The predicted molar refractivity (Wildman–Crippen MR) is 248 cm³/mol.